The molecule has 2 atom stereocenters. The van der Waals surface area contributed by atoms with Gasteiger partial charge in [0.25, 0.3) is 0 Å². The predicted octanol–water partition coefficient (Wildman–Crippen LogP) is 1.92. The second-order valence-electron chi connectivity index (χ2n) is 4.77. The monoisotopic (exact) mass is 319 g/mol. The van der Waals surface area contributed by atoms with Gasteiger partial charge < -0.3 is 9.47 Å². The molecular weight excluding hydrogens is 302 g/mol. The quantitative estimate of drug-likeness (QED) is 0.341. The molecule has 0 fully saturated rings. The predicted molar refractivity (Wildman–Crippen MR) is 80.1 cm³/mol. The largest absolute Gasteiger partial charge is 0.443 e. The van der Waals surface area contributed by atoms with Crippen molar-refractivity contribution in [2.45, 2.75) is 32.1 Å². The lowest BCUT2D eigenvalue weighted by atomic mass is 9.90. The molecule has 0 bridgehead atoms. The highest BCUT2D eigenvalue weighted by atomic mass is 16.7. The Labute approximate surface area is 133 Å². The number of aromatic nitrogens is 2. The molecule has 0 saturated heterocycles. The smallest absolute Gasteiger partial charge is 0.388 e. The lowest BCUT2D eigenvalue weighted by Gasteiger charge is -2.33. The topological polar surface area (TPSA) is 104 Å². The van der Waals surface area contributed by atoms with E-state index in [0.717, 1.165) is 0 Å². The second kappa shape index (κ2) is 7.10. The molecule has 2 rings (SSSR count). The van der Waals surface area contributed by atoms with Crippen molar-refractivity contribution in [3.63, 3.8) is 0 Å². The number of ether oxygens (including phenoxy) is 2. The Balaban J connectivity index is 2.35. The van der Waals surface area contributed by atoms with Crippen molar-refractivity contribution in [3.05, 3.63) is 58.2 Å². The lowest BCUT2D eigenvalue weighted by molar-refractivity contribution is -0.626. The van der Waals surface area contributed by atoms with Gasteiger partial charge >= 0.3 is 11.7 Å². The number of allylic oxidation sites excluding steroid dienone is 2. The molecular formula is C15H17N3O5. The Morgan fingerprint density at radius 1 is 1.39 bits per heavy atom. The Hall–Kier alpha value is -2.61. The number of carbonyl (C=O) groups excluding carboxylic acids is 1. The normalized spacial score (nSPS) is 23.2. The summed E-state index contributed by atoms with van der Waals surface area (Å²) in [6.07, 6.45) is 7.75. The van der Waals surface area contributed by atoms with Crippen molar-refractivity contribution in [1.82, 2.24) is 9.97 Å². The van der Waals surface area contributed by atoms with Crippen molar-refractivity contribution >= 4 is 5.97 Å². The van der Waals surface area contributed by atoms with E-state index in [9.17, 15) is 14.9 Å². The molecule has 1 aliphatic rings. The van der Waals surface area contributed by atoms with E-state index in [-0.39, 0.29) is 12.2 Å². The number of nitrogens with zero attached hydrogens (tertiary/aromatic N) is 3. The maximum Gasteiger partial charge on any atom is 0.388 e. The Morgan fingerprint density at radius 2 is 2.09 bits per heavy atom. The molecule has 0 radical (unpaired) electrons. The van der Waals surface area contributed by atoms with E-state index in [4.69, 9.17) is 9.47 Å². The van der Waals surface area contributed by atoms with Crippen molar-refractivity contribution in [2.75, 3.05) is 6.61 Å². The van der Waals surface area contributed by atoms with E-state index in [1.807, 2.05) is 0 Å². The van der Waals surface area contributed by atoms with Crippen molar-refractivity contribution < 1.29 is 19.2 Å². The number of nitro groups is 1. The molecule has 0 aliphatic heterocycles. The minimum atomic E-state index is -1.91. The molecule has 1 heterocycles. The summed E-state index contributed by atoms with van der Waals surface area (Å²) >= 11 is 0. The van der Waals surface area contributed by atoms with Gasteiger partial charge in [-0.15, -0.1) is 0 Å². The van der Waals surface area contributed by atoms with E-state index >= 15 is 0 Å². The van der Waals surface area contributed by atoms with Crippen LogP contribution in [0.25, 0.3) is 0 Å². The van der Waals surface area contributed by atoms with E-state index in [1.54, 1.807) is 26.0 Å². The Kier molecular flexibility index (Phi) is 5.17. The molecule has 122 valence electrons. The third kappa shape index (κ3) is 3.11. The SMILES string of the molecule is CCOC1([N+](=O)[O-])C(CC)=CC=CC1OC(=O)c1cncnc1. The van der Waals surface area contributed by atoms with Crippen LogP contribution in [0, 0.1) is 10.1 Å². The first-order valence-electron chi connectivity index (χ1n) is 7.18. The first-order chi connectivity index (χ1) is 11.1. The van der Waals surface area contributed by atoms with Crippen LogP contribution in [0.4, 0.5) is 0 Å². The average molecular weight is 319 g/mol. The molecule has 0 saturated carbocycles. The van der Waals surface area contributed by atoms with Crippen LogP contribution in [0.2, 0.25) is 0 Å². The molecule has 0 spiro atoms. The fourth-order valence-electron chi connectivity index (χ4n) is 2.45. The molecule has 8 nitrogen and oxygen atoms in total. The van der Waals surface area contributed by atoms with Crippen LogP contribution >= 0.6 is 0 Å². The van der Waals surface area contributed by atoms with Gasteiger partial charge in [0.05, 0.1) is 17.1 Å². The van der Waals surface area contributed by atoms with E-state index < -0.39 is 22.7 Å². The highest BCUT2D eigenvalue weighted by Crippen LogP contribution is 2.35. The zero-order valence-corrected chi connectivity index (χ0v) is 12.8. The molecule has 0 N–H and O–H groups in total. The molecule has 2 unspecified atom stereocenters. The summed E-state index contributed by atoms with van der Waals surface area (Å²) in [6.45, 7) is 3.54. The summed E-state index contributed by atoms with van der Waals surface area (Å²) in [6, 6.07) is 0. The zero-order chi connectivity index (χ0) is 16.9. The molecule has 0 aromatic carbocycles. The Bertz CT molecular complexity index is 644. The van der Waals surface area contributed by atoms with Crippen molar-refractivity contribution in [2.24, 2.45) is 0 Å². The molecule has 8 heteroatoms. The first kappa shape index (κ1) is 16.8. The third-order valence-corrected chi connectivity index (χ3v) is 3.48. The van der Waals surface area contributed by atoms with E-state index in [1.165, 1.54) is 24.8 Å². The Morgan fingerprint density at radius 3 is 2.65 bits per heavy atom. The number of hydrogen-bond donors (Lipinski definition) is 0. The van der Waals surface area contributed by atoms with Crippen molar-refractivity contribution in [3.8, 4) is 0 Å². The summed E-state index contributed by atoms with van der Waals surface area (Å²) in [5, 5.41) is 11.8. The average Bonchev–Trinajstić information content (AvgIpc) is 2.56. The highest BCUT2D eigenvalue weighted by Gasteiger charge is 2.57. The van der Waals surface area contributed by atoms with Gasteiger partial charge in [0.1, 0.15) is 6.33 Å². The summed E-state index contributed by atoms with van der Waals surface area (Å²) in [7, 11) is 0. The fourth-order valence-corrected chi connectivity index (χ4v) is 2.45. The van der Waals surface area contributed by atoms with Crippen LogP contribution in [-0.4, -0.2) is 39.3 Å². The van der Waals surface area contributed by atoms with Crippen LogP contribution in [0.3, 0.4) is 0 Å². The van der Waals surface area contributed by atoms with Crippen LogP contribution < -0.4 is 0 Å². The van der Waals surface area contributed by atoms with Gasteiger partial charge in [0.15, 0.2) is 0 Å². The first-order valence-corrected chi connectivity index (χ1v) is 7.18. The molecule has 0 amide bonds. The van der Waals surface area contributed by atoms with Gasteiger partial charge in [0.2, 0.25) is 6.10 Å². The van der Waals surface area contributed by atoms with Gasteiger partial charge in [-0.25, -0.2) is 14.8 Å². The van der Waals surface area contributed by atoms with Gasteiger partial charge in [-0.3, -0.25) is 10.1 Å². The van der Waals surface area contributed by atoms with Crippen molar-refractivity contribution in [1.29, 1.82) is 0 Å². The summed E-state index contributed by atoms with van der Waals surface area (Å²) in [5.41, 5.74) is -1.36. The maximum atomic E-state index is 12.2. The van der Waals surface area contributed by atoms with Gasteiger partial charge in [-0.2, -0.15) is 0 Å². The fraction of sp³-hybridized carbons (Fsp3) is 0.400. The van der Waals surface area contributed by atoms with Gasteiger partial charge in [0, 0.05) is 18.0 Å². The van der Waals surface area contributed by atoms with E-state index in [0.29, 0.717) is 12.0 Å². The number of carbonyl (C=O) groups is 1. The molecule has 1 aromatic heterocycles. The maximum absolute atomic E-state index is 12.2. The van der Waals surface area contributed by atoms with E-state index in [2.05, 4.69) is 9.97 Å². The third-order valence-electron chi connectivity index (χ3n) is 3.48. The van der Waals surface area contributed by atoms with Gasteiger partial charge in [-0.1, -0.05) is 19.1 Å². The molecule has 1 aliphatic carbocycles. The molecule has 1 aromatic rings. The number of esters is 1. The second-order valence-corrected chi connectivity index (χ2v) is 4.77. The number of hydrogen-bond acceptors (Lipinski definition) is 7. The highest BCUT2D eigenvalue weighted by molar-refractivity contribution is 5.88. The summed E-state index contributed by atoms with van der Waals surface area (Å²) < 4.78 is 10.8. The summed E-state index contributed by atoms with van der Waals surface area (Å²) in [4.78, 5) is 30.9. The van der Waals surface area contributed by atoms with Crippen LogP contribution in [0.5, 0.6) is 0 Å². The molecule has 23 heavy (non-hydrogen) atoms. The number of rotatable bonds is 6. The van der Waals surface area contributed by atoms with Crippen LogP contribution in [0.1, 0.15) is 30.6 Å². The summed E-state index contributed by atoms with van der Waals surface area (Å²) in [5.74, 6) is -0.747. The van der Waals surface area contributed by atoms with Gasteiger partial charge in [-0.05, 0) is 19.4 Å². The van der Waals surface area contributed by atoms with Crippen LogP contribution in [0.15, 0.2) is 42.5 Å². The lowest BCUT2D eigenvalue weighted by Crippen LogP contribution is -2.55. The van der Waals surface area contributed by atoms with Crippen LogP contribution in [-0.2, 0) is 9.47 Å². The zero-order valence-electron chi connectivity index (χ0n) is 12.8. The minimum Gasteiger partial charge on any atom is -0.443 e. The standard InChI is InChI=1S/C15H17N3O5/c1-3-12-6-5-7-13(15(12,18(20)21)22-4-2)23-14(19)11-8-16-10-17-9-11/h5-10,13H,3-4H2,1-2H3. The minimum absolute atomic E-state index is 0.106.